The molecular weight excluding hydrogens is 438 g/mol. The van der Waals surface area contributed by atoms with E-state index in [4.69, 9.17) is 26.1 Å². The van der Waals surface area contributed by atoms with Crippen molar-refractivity contribution in [1.82, 2.24) is 10.3 Å². The van der Waals surface area contributed by atoms with Crippen LogP contribution in [0.15, 0.2) is 65.1 Å². The van der Waals surface area contributed by atoms with Crippen molar-refractivity contribution in [2.45, 2.75) is 13.3 Å². The Morgan fingerprint density at radius 3 is 2.58 bits per heavy atom. The molecule has 0 atom stereocenters. The van der Waals surface area contributed by atoms with E-state index in [1.54, 1.807) is 18.2 Å². The monoisotopic (exact) mass is 459 g/mol. The van der Waals surface area contributed by atoms with Crippen LogP contribution in [-0.4, -0.2) is 29.2 Å². The maximum atomic E-state index is 12.5. The zero-order chi connectivity index (χ0) is 22.8. The van der Waals surface area contributed by atoms with E-state index in [1.165, 1.54) is 5.56 Å². The number of nitrogens with zero attached hydrogens (tertiary/aromatic N) is 1. The average molecular weight is 460 g/mol. The molecule has 4 aromatic rings. The summed E-state index contributed by atoms with van der Waals surface area (Å²) < 4.78 is 16.9. The van der Waals surface area contributed by atoms with E-state index in [0.717, 1.165) is 28.8 Å². The highest BCUT2D eigenvalue weighted by molar-refractivity contribution is 7.80. The van der Waals surface area contributed by atoms with E-state index < -0.39 is 0 Å². The molecule has 0 radical (unpaired) electrons. The van der Waals surface area contributed by atoms with Gasteiger partial charge in [-0.15, -0.1) is 0 Å². The summed E-state index contributed by atoms with van der Waals surface area (Å²) in [6.45, 7) is 3.06. The summed E-state index contributed by atoms with van der Waals surface area (Å²) in [5.41, 5.74) is 4.83. The van der Waals surface area contributed by atoms with Gasteiger partial charge in [-0.25, -0.2) is 4.98 Å². The third-order valence-corrected chi connectivity index (χ3v) is 5.49. The first-order chi connectivity index (χ1) is 16.1. The highest BCUT2D eigenvalue weighted by atomic mass is 32.1. The van der Waals surface area contributed by atoms with Gasteiger partial charge < -0.3 is 19.2 Å². The van der Waals surface area contributed by atoms with Gasteiger partial charge in [0.15, 0.2) is 22.2 Å². The molecule has 1 aliphatic rings. The molecule has 166 valence electrons. The lowest BCUT2D eigenvalue weighted by atomic mass is 10.1. The number of anilines is 1. The Kier molecular flexibility index (Phi) is 5.66. The Hall–Kier alpha value is -3.91. The van der Waals surface area contributed by atoms with Crippen molar-refractivity contribution in [3.8, 4) is 23.0 Å². The van der Waals surface area contributed by atoms with Gasteiger partial charge in [0.1, 0.15) is 18.7 Å². The van der Waals surface area contributed by atoms with E-state index in [9.17, 15) is 4.79 Å². The molecule has 8 heteroatoms. The molecule has 1 amide bonds. The maximum absolute atomic E-state index is 12.5. The number of hydrogen-bond donors (Lipinski definition) is 2. The first kappa shape index (κ1) is 21.0. The van der Waals surface area contributed by atoms with Crippen molar-refractivity contribution >= 4 is 40.0 Å². The fourth-order valence-electron chi connectivity index (χ4n) is 3.53. The van der Waals surface area contributed by atoms with E-state index in [0.29, 0.717) is 36.2 Å². The van der Waals surface area contributed by atoms with Crippen LogP contribution in [-0.2, 0) is 6.42 Å². The average Bonchev–Trinajstić information content (AvgIpc) is 3.27. The predicted octanol–water partition coefficient (Wildman–Crippen LogP) is 4.96. The van der Waals surface area contributed by atoms with Crippen LogP contribution in [0, 0.1) is 0 Å². The van der Waals surface area contributed by atoms with Crippen LogP contribution in [0.2, 0.25) is 0 Å². The normalized spacial score (nSPS) is 12.4. The number of aryl methyl sites for hydroxylation is 1. The standard InChI is InChI=1S/C25H21N3O4S/c1-2-15-3-9-20-19(13-15)27-24(32-20)16-4-7-18(8-5-16)26-25(33)28-23(29)17-6-10-21-22(14-17)31-12-11-30-21/h3-10,13-14H,2,11-12H2,1H3,(H2,26,28,29,33). The van der Waals surface area contributed by atoms with Crippen molar-refractivity contribution in [3.63, 3.8) is 0 Å². The van der Waals surface area contributed by atoms with Gasteiger partial charge in [0, 0.05) is 16.8 Å². The Balaban J connectivity index is 1.23. The van der Waals surface area contributed by atoms with Gasteiger partial charge in [0.05, 0.1) is 0 Å². The number of carbonyl (C=O) groups excluding carboxylic acids is 1. The number of hydrogen-bond acceptors (Lipinski definition) is 6. The lowest BCUT2D eigenvalue weighted by Gasteiger charge is -2.18. The number of nitrogens with one attached hydrogen (secondary N) is 2. The van der Waals surface area contributed by atoms with Crippen molar-refractivity contribution in [3.05, 3.63) is 71.8 Å². The maximum Gasteiger partial charge on any atom is 0.257 e. The SMILES string of the molecule is CCc1ccc2oc(-c3ccc(NC(=S)NC(=O)c4ccc5c(c4)OCCO5)cc3)nc2c1. The second-order valence-electron chi connectivity index (χ2n) is 7.52. The minimum atomic E-state index is -0.334. The summed E-state index contributed by atoms with van der Waals surface area (Å²) in [7, 11) is 0. The van der Waals surface area contributed by atoms with Crippen LogP contribution in [0.3, 0.4) is 0 Å². The minimum Gasteiger partial charge on any atom is -0.486 e. The van der Waals surface area contributed by atoms with E-state index >= 15 is 0 Å². The van der Waals surface area contributed by atoms with Crippen LogP contribution < -0.4 is 20.1 Å². The van der Waals surface area contributed by atoms with Gasteiger partial charge in [-0.05, 0) is 78.8 Å². The van der Waals surface area contributed by atoms with Gasteiger partial charge in [-0.3, -0.25) is 10.1 Å². The molecule has 5 rings (SSSR count). The smallest absolute Gasteiger partial charge is 0.257 e. The molecular formula is C25H21N3O4S. The second kappa shape index (κ2) is 8.91. The number of fused-ring (bicyclic) bond motifs is 2. The van der Waals surface area contributed by atoms with Crippen molar-refractivity contribution in [2.24, 2.45) is 0 Å². The zero-order valence-electron chi connectivity index (χ0n) is 17.9. The molecule has 1 aliphatic heterocycles. The third-order valence-electron chi connectivity index (χ3n) is 5.28. The van der Waals surface area contributed by atoms with Crippen LogP contribution in [0.25, 0.3) is 22.6 Å². The number of oxazole rings is 1. The summed E-state index contributed by atoms with van der Waals surface area (Å²) in [4.78, 5) is 17.1. The Labute approximate surface area is 195 Å². The van der Waals surface area contributed by atoms with Gasteiger partial charge >= 0.3 is 0 Å². The molecule has 33 heavy (non-hydrogen) atoms. The lowest BCUT2D eigenvalue weighted by molar-refractivity contribution is 0.0976. The number of aromatic nitrogens is 1. The molecule has 0 spiro atoms. The summed E-state index contributed by atoms with van der Waals surface area (Å²) in [6.07, 6.45) is 0.948. The summed E-state index contributed by atoms with van der Waals surface area (Å²) in [6, 6.07) is 18.5. The van der Waals surface area contributed by atoms with Gasteiger partial charge in [-0.1, -0.05) is 13.0 Å². The Morgan fingerprint density at radius 1 is 1.00 bits per heavy atom. The highest BCUT2D eigenvalue weighted by Gasteiger charge is 2.16. The van der Waals surface area contributed by atoms with Crippen LogP contribution in [0.1, 0.15) is 22.8 Å². The van der Waals surface area contributed by atoms with Crippen LogP contribution in [0.5, 0.6) is 11.5 Å². The van der Waals surface area contributed by atoms with Crippen LogP contribution in [0.4, 0.5) is 5.69 Å². The highest BCUT2D eigenvalue weighted by Crippen LogP contribution is 2.31. The van der Waals surface area contributed by atoms with E-state index in [2.05, 4.69) is 22.5 Å². The van der Waals surface area contributed by atoms with Gasteiger partial charge in [0.2, 0.25) is 5.89 Å². The lowest BCUT2D eigenvalue weighted by Crippen LogP contribution is -2.34. The molecule has 0 aliphatic carbocycles. The fraction of sp³-hybridized carbons (Fsp3) is 0.160. The van der Waals surface area contributed by atoms with Gasteiger partial charge in [0.25, 0.3) is 5.91 Å². The Bertz CT molecular complexity index is 1350. The molecule has 2 N–H and O–H groups in total. The summed E-state index contributed by atoms with van der Waals surface area (Å²) >= 11 is 5.30. The molecule has 2 heterocycles. The minimum absolute atomic E-state index is 0.191. The van der Waals surface area contributed by atoms with Crippen LogP contribution >= 0.6 is 12.2 Å². The summed E-state index contributed by atoms with van der Waals surface area (Å²) in [5, 5.41) is 5.89. The molecule has 7 nitrogen and oxygen atoms in total. The number of ether oxygens (including phenoxy) is 2. The quantitative estimate of drug-likeness (QED) is 0.418. The number of carbonyl (C=O) groups is 1. The molecule has 0 fully saturated rings. The molecule has 0 bridgehead atoms. The number of thiocarbonyl (C=S) groups is 1. The molecule has 0 saturated heterocycles. The first-order valence-corrected chi connectivity index (χ1v) is 11.0. The number of benzene rings is 3. The molecule has 3 aromatic carbocycles. The largest absolute Gasteiger partial charge is 0.486 e. The zero-order valence-corrected chi connectivity index (χ0v) is 18.7. The third kappa shape index (κ3) is 4.51. The second-order valence-corrected chi connectivity index (χ2v) is 7.93. The molecule has 1 aromatic heterocycles. The Morgan fingerprint density at radius 2 is 1.79 bits per heavy atom. The topological polar surface area (TPSA) is 85.6 Å². The van der Waals surface area contributed by atoms with Gasteiger partial charge in [-0.2, -0.15) is 0 Å². The summed E-state index contributed by atoms with van der Waals surface area (Å²) in [5.74, 6) is 1.40. The van der Waals surface area contributed by atoms with Crippen molar-refractivity contribution in [1.29, 1.82) is 0 Å². The van der Waals surface area contributed by atoms with Crippen molar-refractivity contribution < 1.29 is 18.7 Å². The van der Waals surface area contributed by atoms with E-state index in [1.807, 2.05) is 42.5 Å². The number of rotatable bonds is 4. The molecule has 0 unspecified atom stereocenters. The number of amides is 1. The fourth-order valence-corrected chi connectivity index (χ4v) is 3.75. The van der Waals surface area contributed by atoms with E-state index in [-0.39, 0.29) is 11.0 Å². The van der Waals surface area contributed by atoms with Crippen molar-refractivity contribution in [2.75, 3.05) is 18.5 Å². The first-order valence-electron chi connectivity index (χ1n) is 10.6. The predicted molar refractivity (Wildman–Crippen MR) is 130 cm³/mol. The molecule has 0 saturated carbocycles.